The fourth-order valence-electron chi connectivity index (χ4n) is 1.42. The van der Waals surface area contributed by atoms with E-state index in [9.17, 15) is 14.7 Å². The van der Waals surface area contributed by atoms with Crippen molar-refractivity contribution >= 4 is 11.6 Å². The maximum absolute atomic E-state index is 11.8. The molecule has 0 aliphatic heterocycles. The van der Waals surface area contributed by atoms with Crippen LogP contribution in [0.3, 0.4) is 0 Å². The lowest BCUT2D eigenvalue weighted by molar-refractivity contribution is -0.136. The second kappa shape index (κ2) is 3.65. The standard InChI is InChI=1S/C10H8N2O4/c13-8(14)5-6-9(15)11-7-3-1-2-4-12(7)10(6)16/h1-4,15H,5H2,(H,13,14). The van der Waals surface area contributed by atoms with E-state index in [2.05, 4.69) is 4.98 Å². The summed E-state index contributed by atoms with van der Waals surface area (Å²) in [6, 6.07) is 4.83. The van der Waals surface area contributed by atoms with Crippen molar-refractivity contribution in [1.29, 1.82) is 0 Å². The Kier molecular flexibility index (Phi) is 2.32. The van der Waals surface area contributed by atoms with Gasteiger partial charge in [-0.15, -0.1) is 0 Å². The van der Waals surface area contributed by atoms with E-state index in [4.69, 9.17) is 5.11 Å². The third-order valence-electron chi connectivity index (χ3n) is 2.13. The van der Waals surface area contributed by atoms with Crippen LogP contribution >= 0.6 is 0 Å². The molecule has 0 aliphatic carbocycles. The third kappa shape index (κ3) is 1.60. The molecule has 0 spiro atoms. The number of carbonyl (C=O) groups is 1. The van der Waals surface area contributed by atoms with Crippen molar-refractivity contribution in [2.24, 2.45) is 0 Å². The van der Waals surface area contributed by atoms with E-state index in [1.807, 2.05) is 0 Å². The Bertz CT molecular complexity index is 618. The molecule has 0 atom stereocenters. The molecule has 0 aromatic carbocycles. The number of aliphatic carboxylic acids is 1. The molecule has 16 heavy (non-hydrogen) atoms. The maximum Gasteiger partial charge on any atom is 0.308 e. The van der Waals surface area contributed by atoms with E-state index in [1.54, 1.807) is 18.2 Å². The van der Waals surface area contributed by atoms with Gasteiger partial charge in [0.2, 0.25) is 5.88 Å². The van der Waals surface area contributed by atoms with E-state index in [0.717, 1.165) is 0 Å². The molecule has 2 N–H and O–H groups in total. The monoisotopic (exact) mass is 220 g/mol. The fourth-order valence-corrected chi connectivity index (χ4v) is 1.42. The van der Waals surface area contributed by atoms with Gasteiger partial charge in [0.15, 0.2) is 0 Å². The van der Waals surface area contributed by atoms with Gasteiger partial charge in [0.1, 0.15) is 5.65 Å². The zero-order valence-electron chi connectivity index (χ0n) is 8.12. The first kappa shape index (κ1) is 10.2. The first-order valence-corrected chi connectivity index (χ1v) is 4.50. The number of fused-ring (bicyclic) bond motifs is 1. The lowest BCUT2D eigenvalue weighted by Crippen LogP contribution is -2.21. The maximum atomic E-state index is 11.8. The molecule has 0 saturated carbocycles. The molecule has 0 radical (unpaired) electrons. The molecule has 0 aliphatic rings. The molecular weight excluding hydrogens is 212 g/mol. The summed E-state index contributed by atoms with van der Waals surface area (Å²) in [4.78, 5) is 26.1. The van der Waals surface area contributed by atoms with Crippen LogP contribution in [0.4, 0.5) is 0 Å². The van der Waals surface area contributed by atoms with Crippen molar-refractivity contribution in [2.75, 3.05) is 0 Å². The predicted octanol–water partition coefficient (Wildman–Crippen LogP) is 0.0272. The highest BCUT2D eigenvalue weighted by atomic mass is 16.4. The van der Waals surface area contributed by atoms with Gasteiger partial charge >= 0.3 is 5.97 Å². The summed E-state index contributed by atoms with van der Waals surface area (Å²) in [5.41, 5.74) is -0.499. The summed E-state index contributed by atoms with van der Waals surface area (Å²) in [6.45, 7) is 0. The summed E-state index contributed by atoms with van der Waals surface area (Å²) in [5, 5.41) is 18.1. The topological polar surface area (TPSA) is 91.9 Å². The minimum atomic E-state index is -1.19. The highest BCUT2D eigenvalue weighted by Gasteiger charge is 2.14. The van der Waals surface area contributed by atoms with Gasteiger partial charge in [0.25, 0.3) is 5.56 Å². The molecule has 2 aromatic heterocycles. The number of hydrogen-bond acceptors (Lipinski definition) is 4. The highest BCUT2D eigenvalue weighted by molar-refractivity contribution is 5.71. The van der Waals surface area contributed by atoms with Crippen molar-refractivity contribution < 1.29 is 15.0 Å². The normalized spacial score (nSPS) is 10.5. The Morgan fingerprint density at radius 1 is 1.44 bits per heavy atom. The fraction of sp³-hybridized carbons (Fsp3) is 0.100. The van der Waals surface area contributed by atoms with E-state index in [1.165, 1.54) is 10.6 Å². The largest absolute Gasteiger partial charge is 0.493 e. The van der Waals surface area contributed by atoms with Crippen molar-refractivity contribution in [2.45, 2.75) is 6.42 Å². The molecule has 0 amide bonds. The van der Waals surface area contributed by atoms with E-state index >= 15 is 0 Å². The zero-order valence-corrected chi connectivity index (χ0v) is 8.12. The zero-order chi connectivity index (χ0) is 11.7. The van der Waals surface area contributed by atoms with Gasteiger partial charge in [-0.1, -0.05) is 6.07 Å². The van der Waals surface area contributed by atoms with Gasteiger partial charge < -0.3 is 10.2 Å². The van der Waals surface area contributed by atoms with Crippen LogP contribution in [-0.4, -0.2) is 25.6 Å². The molecule has 0 saturated heterocycles. The summed E-state index contributed by atoms with van der Waals surface area (Å²) in [6.07, 6.45) is 0.922. The quantitative estimate of drug-likeness (QED) is 0.744. The second-order valence-corrected chi connectivity index (χ2v) is 3.22. The Morgan fingerprint density at radius 3 is 2.88 bits per heavy atom. The summed E-state index contributed by atoms with van der Waals surface area (Å²) >= 11 is 0. The van der Waals surface area contributed by atoms with Gasteiger partial charge in [-0.25, -0.2) is 0 Å². The van der Waals surface area contributed by atoms with Crippen molar-refractivity contribution in [3.63, 3.8) is 0 Å². The molecule has 0 bridgehead atoms. The lowest BCUT2D eigenvalue weighted by Gasteiger charge is -2.04. The lowest BCUT2D eigenvalue weighted by atomic mass is 10.2. The Balaban J connectivity index is 2.76. The number of aromatic nitrogens is 2. The van der Waals surface area contributed by atoms with Crippen LogP contribution in [-0.2, 0) is 11.2 Å². The van der Waals surface area contributed by atoms with Gasteiger partial charge in [-0.05, 0) is 12.1 Å². The minimum absolute atomic E-state index is 0.212. The number of aromatic hydroxyl groups is 1. The summed E-state index contributed by atoms with van der Waals surface area (Å²) in [7, 11) is 0. The number of rotatable bonds is 2. The summed E-state index contributed by atoms with van der Waals surface area (Å²) in [5.74, 6) is -1.72. The molecule has 0 unspecified atom stereocenters. The van der Waals surface area contributed by atoms with Gasteiger partial charge in [-0.2, -0.15) is 4.98 Å². The van der Waals surface area contributed by atoms with Crippen LogP contribution in [0.2, 0.25) is 0 Å². The molecule has 82 valence electrons. The third-order valence-corrected chi connectivity index (χ3v) is 2.13. The van der Waals surface area contributed by atoms with Crippen molar-refractivity contribution in [3.05, 3.63) is 40.3 Å². The van der Waals surface area contributed by atoms with Crippen molar-refractivity contribution in [1.82, 2.24) is 9.38 Å². The Labute approximate surface area is 89.4 Å². The van der Waals surface area contributed by atoms with E-state index in [-0.39, 0.29) is 11.2 Å². The smallest absolute Gasteiger partial charge is 0.308 e. The average molecular weight is 220 g/mol. The van der Waals surface area contributed by atoms with Crippen molar-refractivity contribution in [3.8, 4) is 5.88 Å². The first-order valence-electron chi connectivity index (χ1n) is 4.50. The van der Waals surface area contributed by atoms with Crippen LogP contribution in [0.15, 0.2) is 29.2 Å². The number of pyridine rings is 1. The number of hydrogen-bond donors (Lipinski definition) is 2. The van der Waals surface area contributed by atoms with Crippen LogP contribution in [0.1, 0.15) is 5.56 Å². The SMILES string of the molecule is O=C(O)Cc1c(O)nc2ccccn2c1=O. The van der Waals surface area contributed by atoms with E-state index in [0.29, 0.717) is 0 Å². The first-order chi connectivity index (χ1) is 7.59. The molecule has 0 fully saturated rings. The van der Waals surface area contributed by atoms with Gasteiger partial charge in [0.05, 0.1) is 12.0 Å². The Hall–Kier alpha value is -2.37. The van der Waals surface area contributed by atoms with Crippen LogP contribution in [0, 0.1) is 0 Å². The number of carboxylic acids is 1. The molecule has 2 rings (SSSR count). The van der Waals surface area contributed by atoms with Crippen LogP contribution in [0.5, 0.6) is 5.88 Å². The molecular formula is C10H8N2O4. The summed E-state index contributed by atoms with van der Waals surface area (Å²) < 4.78 is 1.19. The number of carboxylic acid groups (broad SMARTS) is 1. The van der Waals surface area contributed by atoms with Crippen LogP contribution in [0.25, 0.3) is 5.65 Å². The number of nitrogens with zero attached hydrogens (tertiary/aromatic N) is 2. The van der Waals surface area contributed by atoms with Crippen LogP contribution < -0.4 is 5.56 Å². The minimum Gasteiger partial charge on any atom is -0.493 e. The van der Waals surface area contributed by atoms with Gasteiger partial charge in [0, 0.05) is 6.20 Å². The molecule has 2 aromatic rings. The van der Waals surface area contributed by atoms with E-state index < -0.39 is 23.8 Å². The predicted molar refractivity (Wildman–Crippen MR) is 54.5 cm³/mol. The molecule has 6 heteroatoms. The Morgan fingerprint density at radius 2 is 2.19 bits per heavy atom. The molecule has 2 heterocycles. The average Bonchev–Trinajstić information content (AvgIpc) is 2.24. The second-order valence-electron chi connectivity index (χ2n) is 3.22. The molecule has 6 nitrogen and oxygen atoms in total. The highest BCUT2D eigenvalue weighted by Crippen LogP contribution is 2.11. The van der Waals surface area contributed by atoms with Gasteiger partial charge in [-0.3, -0.25) is 14.0 Å².